The van der Waals surface area contributed by atoms with Gasteiger partial charge in [-0.25, -0.2) is 0 Å². The first-order chi connectivity index (χ1) is 9.08. The van der Waals surface area contributed by atoms with Crippen molar-refractivity contribution in [2.45, 2.75) is 31.5 Å². The van der Waals surface area contributed by atoms with Crippen LogP contribution in [0.4, 0.5) is 5.69 Å². The van der Waals surface area contributed by atoms with Crippen LogP contribution in [0.5, 0.6) is 5.75 Å². The van der Waals surface area contributed by atoms with Gasteiger partial charge < -0.3 is 19.9 Å². The molecule has 5 heteroatoms. The van der Waals surface area contributed by atoms with E-state index in [-0.39, 0.29) is 12.5 Å². The van der Waals surface area contributed by atoms with E-state index in [9.17, 15) is 9.90 Å². The van der Waals surface area contributed by atoms with Gasteiger partial charge in [0.1, 0.15) is 11.9 Å². The highest BCUT2D eigenvalue weighted by molar-refractivity contribution is 5.95. The van der Waals surface area contributed by atoms with Gasteiger partial charge >= 0.3 is 0 Å². The summed E-state index contributed by atoms with van der Waals surface area (Å²) in [7, 11) is 0. The lowest BCUT2D eigenvalue weighted by atomic mass is 9.90. The van der Waals surface area contributed by atoms with Gasteiger partial charge in [0.2, 0.25) is 0 Å². The summed E-state index contributed by atoms with van der Waals surface area (Å²) in [6, 6.07) is 5.34. The number of aliphatic hydroxyl groups is 1. The maximum Gasteiger partial charge on any atom is 0.262 e. The predicted octanol–water partition coefficient (Wildman–Crippen LogP) is 1.62. The second-order valence-electron chi connectivity index (χ2n) is 5.26. The van der Waals surface area contributed by atoms with E-state index >= 15 is 0 Å². The molecule has 102 valence electrons. The van der Waals surface area contributed by atoms with E-state index in [2.05, 4.69) is 5.32 Å². The van der Waals surface area contributed by atoms with Gasteiger partial charge in [0.25, 0.3) is 5.91 Å². The smallest absolute Gasteiger partial charge is 0.262 e. The zero-order valence-corrected chi connectivity index (χ0v) is 10.8. The van der Waals surface area contributed by atoms with Crippen molar-refractivity contribution in [2.75, 3.05) is 18.5 Å². The minimum Gasteiger partial charge on any atom is -0.482 e. The molecule has 2 atom stereocenters. The third-order valence-electron chi connectivity index (χ3n) is 3.78. The van der Waals surface area contributed by atoms with Gasteiger partial charge in [-0.15, -0.1) is 0 Å². The zero-order chi connectivity index (χ0) is 13.5. The molecule has 5 nitrogen and oxygen atoms in total. The first-order valence-electron chi connectivity index (χ1n) is 6.47. The van der Waals surface area contributed by atoms with Crippen molar-refractivity contribution in [1.29, 1.82) is 0 Å². The lowest BCUT2D eigenvalue weighted by Crippen LogP contribution is -2.32. The summed E-state index contributed by atoms with van der Waals surface area (Å²) in [5.74, 6) is 0.454. The Balaban J connectivity index is 1.89. The molecule has 0 spiro atoms. The highest BCUT2D eigenvalue weighted by atomic mass is 16.5. The molecule has 2 heterocycles. The van der Waals surface area contributed by atoms with Crippen molar-refractivity contribution in [3.05, 3.63) is 23.8 Å². The van der Waals surface area contributed by atoms with E-state index in [1.807, 2.05) is 13.0 Å². The van der Waals surface area contributed by atoms with Gasteiger partial charge in [0, 0.05) is 6.61 Å². The van der Waals surface area contributed by atoms with E-state index in [4.69, 9.17) is 9.47 Å². The Hall–Kier alpha value is -1.59. The Morgan fingerprint density at radius 1 is 1.47 bits per heavy atom. The average Bonchev–Trinajstić information content (AvgIpc) is 2.85. The van der Waals surface area contributed by atoms with Gasteiger partial charge in [-0.05, 0) is 37.5 Å². The Kier molecular flexibility index (Phi) is 2.95. The van der Waals surface area contributed by atoms with Crippen LogP contribution in [0.1, 0.15) is 31.4 Å². The molecule has 1 aromatic carbocycles. The van der Waals surface area contributed by atoms with Crippen LogP contribution in [0.25, 0.3) is 0 Å². The summed E-state index contributed by atoms with van der Waals surface area (Å²) in [6.45, 7) is 2.63. The predicted molar refractivity (Wildman–Crippen MR) is 69.1 cm³/mol. The van der Waals surface area contributed by atoms with E-state index in [0.717, 1.165) is 18.4 Å². The molecule has 2 aliphatic heterocycles. The number of anilines is 1. The zero-order valence-electron chi connectivity index (χ0n) is 10.8. The number of rotatable bonds is 2. The third kappa shape index (κ3) is 2.19. The molecule has 0 aromatic heterocycles. The van der Waals surface area contributed by atoms with Crippen molar-refractivity contribution in [3.63, 3.8) is 0 Å². The Morgan fingerprint density at radius 2 is 2.32 bits per heavy atom. The quantitative estimate of drug-likeness (QED) is 0.850. The van der Waals surface area contributed by atoms with Crippen molar-refractivity contribution >= 4 is 11.6 Å². The molecule has 19 heavy (non-hydrogen) atoms. The minimum absolute atomic E-state index is 0.0374. The van der Waals surface area contributed by atoms with Gasteiger partial charge in [-0.1, -0.05) is 6.07 Å². The number of hydrogen-bond acceptors (Lipinski definition) is 4. The molecule has 2 aliphatic rings. The number of amides is 1. The molecule has 1 fully saturated rings. The maximum absolute atomic E-state index is 11.3. The number of carbonyl (C=O) groups excluding carboxylic acids is 1. The molecule has 3 rings (SSSR count). The standard InChI is InChI=1S/C14H17NO4/c1-14(5-2-6-19-14)13(17)9-3-4-11-10(7-9)15-12(16)8-18-11/h3-4,7,13,17H,2,5-6,8H2,1H3,(H,15,16). The molecule has 2 N–H and O–H groups in total. The topological polar surface area (TPSA) is 67.8 Å². The fraction of sp³-hybridized carbons (Fsp3) is 0.500. The van der Waals surface area contributed by atoms with Gasteiger partial charge in [0.05, 0.1) is 11.3 Å². The average molecular weight is 263 g/mol. The number of ether oxygens (including phenoxy) is 2. The number of carbonyl (C=O) groups is 1. The van der Waals surface area contributed by atoms with E-state index in [1.165, 1.54) is 0 Å². The summed E-state index contributed by atoms with van der Waals surface area (Å²) in [5, 5.41) is 13.2. The van der Waals surface area contributed by atoms with Gasteiger partial charge in [-0.3, -0.25) is 4.79 Å². The summed E-state index contributed by atoms with van der Waals surface area (Å²) >= 11 is 0. The fourth-order valence-corrected chi connectivity index (χ4v) is 2.64. The van der Waals surface area contributed by atoms with Crippen LogP contribution in [0, 0.1) is 0 Å². The Bertz CT molecular complexity index is 508. The van der Waals surface area contributed by atoms with Crippen LogP contribution < -0.4 is 10.1 Å². The van der Waals surface area contributed by atoms with Crippen LogP contribution in [-0.2, 0) is 9.53 Å². The second-order valence-corrected chi connectivity index (χ2v) is 5.26. The molecule has 2 unspecified atom stereocenters. The SMILES string of the molecule is CC1(C(O)c2ccc3c(c2)NC(=O)CO3)CCCO1. The largest absolute Gasteiger partial charge is 0.482 e. The Labute approximate surface area is 111 Å². The third-order valence-corrected chi connectivity index (χ3v) is 3.78. The lowest BCUT2D eigenvalue weighted by molar-refractivity contribution is -0.118. The second kappa shape index (κ2) is 4.51. The number of nitrogens with one attached hydrogen (secondary N) is 1. The van der Waals surface area contributed by atoms with Crippen LogP contribution in [0.15, 0.2) is 18.2 Å². The molecule has 0 bridgehead atoms. The van der Waals surface area contributed by atoms with Crippen molar-refractivity contribution in [3.8, 4) is 5.75 Å². The van der Waals surface area contributed by atoms with Crippen LogP contribution >= 0.6 is 0 Å². The molecular weight excluding hydrogens is 246 g/mol. The monoisotopic (exact) mass is 263 g/mol. The van der Waals surface area contributed by atoms with Crippen molar-refractivity contribution < 1.29 is 19.4 Å². The number of hydrogen-bond donors (Lipinski definition) is 2. The molecular formula is C14H17NO4. The van der Waals surface area contributed by atoms with E-state index in [1.54, 1.807) is 12.1 Å². The number of aliphatic hydroxyl groups excluding tert-OH is 1. The summed E-state index contributed by atoms with van der Waals surface area (Å²) < 4.78 is 10.9. The van der Waals surface area contributed by atoms with Crippen molar-refractivity contribution in [2.24, 2.45) is 0 Å². The van der Waals surface area contributed by atoms with Crippen LogP contribution in [0.3, 0.4) is 0 Å². The molecule has 0 aliphatic carbocycles. The molecule has 1 amide bonds. The Morgan fingerprint density at radius 3 is 3.05 bits per heavy atom. The minimum atomic E-state index is -0.709. The van der Waals surface area contributed by atoms with Crippen molar-refractivity contribution in [1.82, 2.24) is 0 Å². The first-order valence-corrected chi connectivity index (χ1v) is 6.47. The number of fused-ring (bicyclic) bond motifs is 1. The van der Waals surface area contributed by atoms with E-state index < -0.39 is 11.7 Å². The van der Waals surface area contributed by atoms with E-state index in [0.29, 0.717) is 18.0 Å². The molecule has 1 saturated heterocycles. The molecule has 1 aromatic rings. The normalized spacial score (nSPS) is 27.4. The summed E-state index contributed by atoms with van der Waals surface area (Å²) in [5.41, 5.74) is 0.789. The first kappa shape index (κ1) is 12.4. The summed E-state index contributed by atoms with van der Waals surface area (Å²) in [4.78, 5) is 11.3. The van der Waals surface area contributed by atoms with Crippen LogP contribution in [-0.4, -0.2) is 29.8 Å². The lowest BCUT2D eigenvalue weighted by Gasteiger charge is -2.30. The van der Waals surface area contributed by atoms with Gasteiger partial charge in [0.15, 0.2) is 6.61 Å². The maximum atomic E-state index is 11.3. The van der Waals surface area contributed by atoms with Crippen LogP contribution in [0.2, 0.25) is 0 Å². The number of benzene rings is 1. The summed E-state index contributed by atoms with van der Waals surface area (Å²) in [6.07, 6.45) is 1.08. The van der Waals surface area contributed by atoms with Gasteiger partial charge in [-0.2, -0.15) is 0 Å². The molecule has 0 radical (unpaired) electrons. The highest BCUT2D eigenvalue weighted by Gasteiger charge is 2.38. The highest BCUT2D eigenvalue weighted by Crippen LogP contribution is 2.39. The fourth-order valence-electron chi connectivity index (χ4n) is 2.64. The molecule has 0 saturated carbocycles.